The summed E-state index contributed by atoms with van der Waals surface area (Å²) in [6.45, 7) is 0.528. The second kappa shape index (κ2) is 10.8. The van der Waals surface area contributed by atoms with Crippen molar-refractivity contribution in [1.29, 1.82) is 0 Å². The van der Waals surface area contributed by atoms with Gasteiger partial charge >= 0.3 is 0 Å². The van der Waals surface area contributed by atoms with Crippen LogP contribution in [0.25, 0.3) is 21.9 Å². The molecule has 37 heavy (non-hydrogen) atoms. The Hall–Kier alpha value is -4.19. The average Bonchev–Trinajstić information content (AvgIpc) is 2.98. The lowest BCUT2D eigenvalue weighted by Crippen LogP contribution is -2.22. The summed E-state index contributed by atoms with van der Waals surface area (Å²) in [5, 5.41) is 6.42. The topological polar surface area (TPSA) is 9.23 Å². The van der Waals surface area contributed by atoms with Crippen LogP contribution in [0.3, 0.4) is 0 Å². The fourth-order valence-electron chi connectivity index (χ4n) is 4.85. The molecule has 0 aliphatic carbocycles. The highest BCUT2D eigenvalue weighted by molar-refractivity contribution is 7.80. The van der Waals surface area contributed by atoms with Gasteiger partial charge in [-0.25, -0.2) is 0 Å². The van der Waals surface area contributed by atoms with Crippen molar-refractivity contribution in [1.82, 2.24) is 0 Å². The van der Waals surface area contributed by atoms with Gasteiger partial charge in [-0.15, -0.1) is 0 Å². The van der Waals surface area contributed by atoms with Gasteiger partial charge in [0.1, 0.15) is 12.4 Å². The van der Waals surface area contributed by atoms with Crippen molar-refractivity contribution in [3.8, 4) is 16.9 Å². The molecule has 0 aliphatic rings. The third-order valence-corrected chi connectivity index (χ3v) is 9.07. The van der Waals surface area contributed by atoms with Gasteiger partial charge in [0.15, 0.2) is 0 Å². The van der Waals surface area contributed by atoms with Crippen molar-refractivity contribution >= 4 is 34.6 Å². The van der Waals surface area contributed by atoms with Crippen molar-refractivity contribution < 1.29 is 4.74 Å². The van der Waals surface area contributed by atoms with Crippen LogP contribution in [0.15, 0.2) is 152 Å². The van der Waals surface area contributed by atoms with Crippen molar-refractivity contribution in [3.63, 3.8) is 0 Å². The molecule has 0 fully saturated rings. The largest absolute Gasteiger partial charge is 0.488 e. The standard InChI is InChI=1S/C35H27OP/c1-4-14-27(15-5-1)26-36-33-25-24-28-16-10-11-21-31(28)35(33)32-22-12-13-23-34(32)37(29-17-6-2-7-18-29)30-19-8-3-9-20-30/h1-25H,26H2. The van der Waals surface area contributed by atoms with E-state index < -0.39 is 7.92 Å². The van der Waals surface area contributed by atoms with Crippen molar-refractivity contribution in [3.05, 3.63) is 157 Å². The lowest BCUT2D eigenvalue weighted by Gasteiger charge is -2.24. The first kappa shape index (κ1) is 23.2. The fraction of sp³-hybridized carbons (Fsp3) is 0.0286. The molecule has 0 saturated heterocycles. The number of rotatable bonds is 7. The van der Waals surface area contributed by atoms with Gasteiger partial charge in [0.25, 0.3) is 0 Å². The lowest BCUT2D eigenvalue weighted by molar-refractivity contribution is 0.308. The zero-order chi connectivity index (χ0) is 24.9. The average molecular weight is 495 g/mol. The van der Waals surface area contributed by atoms with E-state index in [1.54, 1.807) is 0 Å². The molecule has 0 bridgehead atoms. The second-order valence-electron chi connectivity index (χ2n) is 8.96. The summed E-state index contributed by atoms with van der Waals surface area (Å²) in [7, 11) is -0.767. The summed E-state index contributed by atoms with van der Waals surface area (Å²) in [5.74, 6) is 0.908. The van der Waals surface area contributed by atoms with Gasteiger partial charge in [-0.3, -0.25) is 0 Å². The van der Waals surface area contributed by atoms with E-state index in [4.69, 9.17) is 4.74 Å². The van der Waals surface area contributed by atoms with Crippen LogP contribution >= 0.6 is 7.92 Å². The quantitative estimate of drug-likeness (QED) is 0.205. The van der Waals surface area contributed by atoms with Crippen LogP contribution in [0, 0.1) is 0 Å². The van der Waals surface area contributed by atoms with Gasteiger partial charge in [-0.2, -0.15) is 0 Å². The molecule has 0 aromatic heterocycles. The molecule has 0 N–H and O–H groups in total. The number of fused-ring (bicyclic) bond motifs is 1. The first-order chi connectivity index (χ1) is 18.4. The highest BCUT2D eigenvalue weighted by atomic mass is 31.1. The third-order valence-electron chi connectivity index (χ3n) is 6.57. The molecule has 6 aromatic carbocycles. The van der Waals surface area contributed by atoms with Gasteiger partial charge < -0.3 is 4.74 Å². The van der Waals surface area contributed by atoms with E-state index >= 15 is 0 Å². The Labute approximate surface area is 219 Å². The summed E-state index contributed by atoms with van der Waals surface area (Å²) < 4.78 is 6.54. The number of hydrogen-bond acceptors (Lipinski definition) is 1. The summed E-state index contributed by atoms with van der Waals surface area (Å²) in [6, 6.07) is 53.9. The SMILES string of the molecule is c1ccc(COc2ccc3ccccc3c2-c2ccccc2P(c2ccccc2)c2ccccc2)cc1. The van der Waals surface area contributed by atoms with Crippen LogP contribution in [0.4, 0.5) is 0 Å². The molecule has 0 amide bonds. The number of hydrogen-bond donors (Lipinski definition) is 0. The van der Waals surface area contributed by atoms with Crippen LogP contribution < -0.4 is 20.7 Å². The lowest BCUT2D eigenvalue weighted by atomic mass is 9.97. The van der Waals surface area contributed by atoms with Crippen LogP contribution in [-0.2, 0) is 6.61 Å². The molecular weight excluding hydrogens is 467 g/mol. The molecule has 2 heteroatoms. The molecule has 1 nitrogen and oxygen atoms in total. The molecule has 0 radical (unpaired) electrons. The van der Waals surface area contributed by atoms with E-state index in [1.165, 1.54) is 32.2 Å². The molecule has 0 spiro atoms. The Balaban J connectivity index is 1.56. The maximum absolute atomic E-state index is 6.54. The normalized spacial score (nSPS) is 11.1. The monoisotopic (exact) mass is 494 g/mol. The van der Waals surface area contributed by atoms with E-state index in [0.29, 0.717) is 6.61 Å². The maximum Gasteiger partial charge on any atom is 0.128 e. The van der Waals surface area contributed by atoms with E-state index in [0.717, 1.165) is 16.9 Å². The van der Waals surface area contributed by atoms with E-state index in [2.05, 4.69) is 146 Å². The molecule has 0 saturated carbocycles. The Morgan fingerprint density at radius 1 is 0.486 bits per heavy atom. The zero-order valence-corrected chi connectivity index (χ0v) is 21.4. The second-order valence-corrected chi connectivity index (χ2v) is 11.1. The van der Waals surface area contributed by atoms with Gasteiger partial charge in [-0.1, -0.05) is 146 Å². The number of benzene rings is 6. The van der Waals surface area contributed by atoms with E-state index in [-0.39, 0.29) is 0 Å². The van der Waals surface area contributed by atoms with E-state index in [9.17, 15) is 0 Å². The smallest absolute Gasteiger partial charge is 0.128 e. The first-order valence-corrected chi connectivity index (χ1v) is 13.9. The Kier molecular flexibility index (Phi) is 6.80. The van der Waals surface area contributed by atoms with Crippen LogP contribution in [0.2, 0.25) is 0 Å². The minimum absolute atomic E-state index is 0.528. The van der Waals surface area contributed by atoms with Gasteiger partial charge in [0.05, 0.1) is 0 Å². The number of ether oxygens (including phenoxy) is 1. The summed E-state index contributed by atoms with van der Waals surface area (Å²) in [6.07, 6.45) is 0. The molecule has 6 rings (SSSR count). The Morgan fingerprint density at radius 3 is 1.76 bits per heavy atom. The predicted octanol–water partition coefficient (Wildman–Crippen LogP) is 7.84. The molecule has 0 aliphatic heterocycles. The first-order valence-electron chi connectivity index (χ1n) is 12.6. The third kappa shape index (κ3) is 4.92. The van der Waals surface area contributed by atoms with Gasteiger partial charge in [0, 0.05) is 5.56 Å². The van der Waals surface area contributed by atoms with Gasteiger partial charge in [0.2, 0.25) is 0 Å². The van der Waals surface area contributed by atoms with Crippen molar-refractivity contribution in [2.45, 2.75) is 6.61 Å². The molecular formula is C35H27OP. The highest BCUT2D eigenvalue weighted by Crippen LogP contribution is 2.42. The van der Waals surface area contributed by atoms with E-state index in [1.807, 2.05) is 6.07 Å². The van der Waals surface area contributed by atoms with Crippen molar-refractivity contribution in [2.24, 2.45) is 0 Å². The predicted molar refractivity (Wildman–Crippen MR) is 159 cm³/mol. The molecule has 0 atom stereocenters. The highest BCUT2D eigenvalue weighted by Gasteiger charge is 2.22. The molecule has 0 unspecified atom stereocenters. The molecule has 0 heterocycles. The van der Waals surface area contributed by atoms with Crippen LogP contribution in [-0.4, -0.2) is 0 Å². The summed E-state index contributed by atoms with van der Waals surface area (Å²) in [5.41, 5.74) is 3.54. The maximum atomic E-state index is 6.54. The fourth-order valence-corrected chi connectivity index (χ4v) is 7.30. The zero-order valence-electron chi connectivity index (χ0n) is 20.5. The Morgan fingerprint density at radius 2 is 1.05 bits per heavy atom. The molecule has 6 aromatic rings. The Bertz CT molecular complexity index is 1570. The van der Waals surface area contributed by atoms with Gasteiger partial charge in [-0.05, 0) is 51.8 Å². The minimum atomic E-state index is -0.767. The molecule has 178 valence electrons. The summed E-state index contributed by atoms with van der Waals surface area (Å²) in [4.78, 5) is 0. The minimum Gasteiger partial charge on any atom is -0.488 e. The summed E-state index contributed by atoms with van der Waals surface area (Å²) >= 11 is 0. The van der Waals surface area contributed by atoms with Crippen LogP contribution in [0.5, 0.6) is 5.75 Å². The van der Waals surface area contributed by atoms with Crippen LogP contribution in [0.1, 0.15) is 5.56 Å². The van der Waals surface area contributed by atoms with Crippen molar-refractivity contribution in [2.75, 3.05) is 0 Å².